The summed E-state index contributed by atoms with van der Waals surface area (Å²) < 4.78 is 13.1. The highest BCUT2D eigenvalue weighted by Gasteiger charge is 2.34. The van der Waals surface area contributed by atoms with E-state index in [0.717, 1.165) is 18.5 Å². The lowest BCUT2D eigenvalue weighted by molar-refractivity contribution is -0.0821. The molecule has 0 N–H and O–H groups in total. The number of likely N-dealkylation sites (tertiary alicyclic amines) is 1. The molecule has 0 atom stereocenters. The number of ether oxygens (including phenoxy) is 2. The summed E-state index contributed by atoms with van der Waals surface area (Å²) in [5.41, 5.74) is 0.120. The van der Waals surface area contributed by atoms with Crippen LogP contribution in [0.15, 0.2) is 6.20 Å². The van der Waals surface area contributed by atoms with Gasteiger partial charge in [-0.2, -0.15) is 0 Å². The molecule has 7 heteroatoms. The molecule has 0 aliphatic carbocycles. The van der Waals surface area contributed by atoms with Crippen LogP contribution >= 0.6 is 0 Å². The Morgan fingerprint density at radius 3 is 2.50 bits per heavy atom. The maximum atomic E-state index is 12.0. The molecule has 2 rings (SSSR count). The number of amides is 1. The fraction of sp³-hybridized carbons (Fsp3) is 0.800. The number of carbonyl (C=O) groups is 1. The van der Waals surface area contributed by atoms with E-state index in [2.05, 4.69) is 17.2 Å². The van der Waals surface area contributed by atoms with Gasteiger partial charge in [-0.05, 0) is 40.5 Å². The average Bonchev–Trinajstić information content (AvgIpc) is 2.81. The standard InChI is InChI=1S/C15H26N4O3/c1-14(2,3)22-13(20)19-8-6-15(4,7-9-19)21-11-12-10-18(5)17-16-12/h10H,6-9,11H2,1-5H3. The number of carbonyl (C=O) groups excluding carboxylic acids is 1. The predicted octanol–water partition coefficient (Wildman–Crippen LogP) is 2.12. The van der Waals surface area contributed by atoms with E-state index in [-0.39, 0.29) is 11.7 Å². The summed E-state index contributed by atoms with van der Waals surface area (Å²) in [6.45, 7) is 9.44. The molecule has 7 nitrogen and oxygen atoms in total. The van der Waals surface area contributed by atoms with E-state index in [1.54, 1.807) is 9.58 Å². The van der Waals surface area contributed by atoms with Crippen LogP contribution in [0, 0.1) is 0 Å². The Morgan fingerprint density at radius 1 is 1.36 bits per heavy atom. The molecule has 2 heterocycles. The summed E-state index contributed by atoms with van der Waals surface area (Å²) in [4.78, 5) is 13.8. The lowest BCUT2D eigenvalue weighted by Crippen LogP contribution is -2.47. The first kappa shape index (κ1) is 16.7. The van der Waals surface area contributed by atoms with E-state index in [1.165, 1.54) is 0 Å². The molecule has 0 spiro atoms. The molecular formula is C15H26N4O3. The van der Waals surface area contributed by atoms with E-state index in [0.29, 0.717) is 19.7 Å². The predicted molar refractivity (Wildman–Crippen MR) is 81.2 cm³/mol. The van der Waals surface area contributed by atoms with Gasteiger partial charge in [-0.25, -0.2) is 4.79 Å². The van der Waals surface area contributed by atoms with Crippen LogP contribution in [0.25, 0.3) is 0 Å². The molecular weight excluding hydrogens is 284 g/mol. The summed E-state index contributed by atoms with van der Waals surface area (Å²) in [5.74, 6) is 0. The van der Waals surface area contributed by atoms with Gasteiger partial charge in [0.05, 0.1) is 18.4 Å². The number of nitrogens with zero attached hydrogens (tertiary/aromatic N) is 4. The van der Waals surface area contributed by atoms with Crippen LogP contribution in [0.4, 0.5) is 4.79 Å². The fourth-order valence-corrected chi connectivity index (χ4v) is 2.34. The SMILES string of the molecule is Cn1cc(COC2(C)CCN(C(=O)OC(C)(C)C)CC2)nn1. The Hall–Kier alpha value is -1.63. The third-order valence-corrected chi connectivity index (χ3v) is 3.69. The van der Waals surface area contributed by atoms with Crippen molar-refractivity contribution in [1.82, 2.24) is 19.9 Å². The average molecular weight is 310 g/mol. The lowest BCUT2D eigenvalue weighted by atomic mass is 9.93. The number of hydrogen-bond donors (Lipinski definition) is 0. The van der Waals surface area contributed by atoms with Gasteiger partial charge in [0.25, 0.3) is 0 Å². The van der Waals surface area contributed by atoms with Gasteiger partial charge in [0.2, 0.25) is 0 Å². The van der Waals surface area contributed by atoms with Crippen LogP contribution in [0.3, 0.4) is 0 Å². The molecule has 0 saturated carbocycles. The zero-order valence-corrected chi connectivity index (χ0v) is 14.1. The summed E-state index contributed by atoms with van der Waals surface area (Å²) >= 11 is 0. The molecule has 0 aromatic carbocycles. The third-order valence-electron chi connectivity index (χ3n) is 3.69. The van der Waals surface area contributed by atoms with E-state index < -0.39 is 5.60 Å². The minimum Gasteiger partial charge on any atom is -0.444 e. The Balaban J connectivity index is 1.81. The molecule has 0 radical (unpaired) electrons. The van der Waals surface area contributed by atoms with E-state index >= 15 is 0 Å². The Morgan fingerprint density at radius 2 is 2.00 bits per heavy atom. The molecule has 0 unspecified atom stereocenters. The number of rotatable bonds is 3. The monoisotopic (exact) mass is 310 g/mol. The van der Waals surface area contributed by atoms with Crippen molar-refractivity contribution in [2.45, 2.75) is 58.3 Å². The van der Waals surface area contributed by atoms with Gasteiger partial charge in [-0.3, -0.25) is 4.68 Å². The second kappa shape index (κ2) is 6.24. The van der Waals surface area contributed by atoms with Crippen molar-refractivity contribution in [3.8, 4) is 0 Å². The first-order valence-corrected chi connectivity index (χ1v) is 7.64. The summed E-state index contributed by atoms with van der Waals surface area (Å²) in [5, 5.41) is 7.91. The molecule has 22 heavy (non-hydrogen) atoms. The second-order valence-corrected chi connectivity index (χ2v) is 7.09. The number of aryl methyl sites for hydroxylation is 1. The number of aromatic nitrogens is 3. The number of hydrogen-bond acceptors (Lipinski definition) is 5. The third kappa shape index (κ3) is 4.69. The Kier molecular flexibility index (Phi) is 4.75. The zero-order chi connectivity index (χ0) is 16.4. The van der Waals surface area contributed by atoms with Crippen molar-refractivity contribution >= 4 is 6.09 Å². The fourth-order valence-electron chi connectivity index (χ4n) is 2.34. The Bertz CT molecular complexity index is 513. The summed E-state index contributed by atoms with van der Waals surface area (Å²) in [6, 6.07) is 0. The highest BCUT2D eigenvalue weighted by atomic mass is 16.6. The molecule has 1 aliphatic heterocycles. The maximum absolute atomic E-state index is 12.0. The van der Waals surface area contributed by atoms with Crippen LogP contribution in [-0.4, -0.2) is 50.3 Å². The largest absolute Gasteiger partial charge is 0.444 e. The molecule has 1 aromatic heterocycles. The topological polar surface area (TPSA) is 69.5 Å². The van der Waals surface area contributed by atoms with E-state index in [1.807, 2.05) is 34.0 Å². The zero-order valence-electron chi connectivity index (χ0n) is 14.1. The summed E-state index contributed by atoms with van der Waals surface area (Å²) in [7, 11) is 1.83. The van der Waals surface area contributed by atoms with Gasteiger partial charge >= 0.3 is 6.09 Å². The van der Waals surface area contributed by atoms with Crippen molar-refractivity contribution in [1.29, 1.82) is 0 Å². The molecule has 1 fully saturated rings. The van der Waals surface area contributed by atoms with Gasteiger partial charge in [0.15, 0.2) is 0 Å². The van der Waals surface area contributed by atoms with Crippen LogP contribution in [0.5, 0.6) is 0 Å². The van der Waals surface area contributed by atoms with Gasteiger partial charge in [0.1, 0.15) is 11.3 Å². The molecule has 1 aromatic rings. The second-order valence-electron chi connectivity index (χ2n) is 7.09. The maximum Gasteiger partial charge on any atom is 0.410 e. The highest BCUT2D eigenvalue weighted by Crippen LogP contribution is 2.27. The molecule has 1 aliphatic rings. The van der Waals surface area contributed by atoms with Crippen LogP contribution in [0.2, 0.25) is 0 Å². The van der Waals surface area contributed by atoms with Gasteiger partial charge in [-0.15, -0.1) is 5.10 Å². The minimum atomic E-state index is -0.458. The Labute approximate surface area is 131 Å². The molecule has 0 bridgehead atoms. The van der Waals surface area contributed by atoms with Crippen LogP contribution < -0.4 is 0 Å². The first-order chi connectivity index (χ1) is 10.2. The van der Waals surface area contributed by atoms with Crippen LogP contribution in [-0.2, 0) is 23.1 Å². The first-order valence-electron chi connectivity index (χ1n) is 7.64. The van der Waals surface area contributed by atoms with E-state index in [9.17, 15) is 4.79 Å². The van der Waals surface area contributed by atoms with Crippen molar-refractivity contribution in [2.75, 3.05) is 13.1 Å². The lowest BCUT2D eigenvalue weighted by Gasteiger charge is -2.39. The molecule has 124 valence electrons. The van der Waals surface area contributed by atoms with Gasteiger partial charge < -0.3 is 14.4 Å². The highest BCUT2D eigenvalue weighted by molar-refractivity contribution is 5.68. The normalized spacial score (nSPS) is 18.3. The smallest absolute Gasteiger partial charge is 0.410 e. The van der Waals surface area contributed by atoms with Crippen molar-refractivity contribution in [3.63, 3.8) is 0 Å². The minimum absolute atomic E-state index is 0.240. The van der Waals surface area contributed by atoms with Crippen molar-refractivity contribution < 1.29 is 14.3 Å². The molecule has 1 amide bonds. The number of piperidine rings is 1. The quantitative estimate of drug-likeness (QED) is 0.855. The van der Waals surface area contributed by atoms with Crippen molar-refractivity contribution in [3.05, 3.63) is 11.9 Å². The van der Waals surface area contributed by atoms with Crippen LogP contribution in [0.1, 0.15) is 46.2 Å². The van der Waals surface area contributed by atoms with Gasteiger partial charge in [0, 0.05) is 20.1 Å². The molecule has 1 saturated heterocycles. The van der Waals surface area contributed by atoms with E-state index in [4.69, 9.17) is 9.47 Å². The van der Waals surface area contributed by atoms with Crippen molar-refractivity contribution in [2.24, 2.45) is 7.05 Å². The van der Waals surface area contributed by atoms with Gasteiger partial charge in [-0.1, -0.05) is 5.21 Å². The summed E-state index contributed by atoms with van der Waals surface area (Å²) in [6.07, 6.45) is 3.17.